The Morgan fingerprint density at radius 2 is 2.00 bits per heavy atom. The van der Waals surface area contributed by atoms with Crippen LogP contribution in [0.3, 0.4) is 0 Å². The highest BCUT2D eigenvalue weighted by atomic mass is 32.2. The van der Waals surface area contributed by atoms with Crippen molar-refractivity contribution in [2.75, 3.05) is 13.1 Å². The summed E-state index contributed by atoms with van der Waals surface area (Å²) in [4.78, 5) is 10.2. The van der Waals surface area contributed by atoms with Crippen LogP contribution >= 0.6 is 0 Å². The van der Waals surface area contributed by atoms with Gasteiger partial charge in [0.1, 0.15) is 0 Å². The molecule has 0 aliphatic carbocycles. The average Bonchev–Trinajstić information content (AvgIpc) is 1.79. The van der Waals surface area contributed by atoms with Crippen LogP contribution in [0.4, 0.5) is 0 Å². The minimum absolute atomic E-state index is 0.164. The molecule has 0 saturated carbocycles. The fourth-order valence-electron chi connectivity index (χ4n) is 0.386. The third kappa shape index (κ3) is 7.38. The van der Waals surface area contributed by atoms with E-state index in [-0.39, 0.29) is 12.5 Å². The van der Waals surface area contributed by atoms with Gasteiger partial charge in [-0.2, -0.15) is 0 Å². The van der Waals surface area contributed by atoms with Crippen molar-refractivity contribution < 1.29 is 13.2 Å². The number of amides is 1. The Morgan fingerprint density at radius 1 is 1.40 bits per heavy atom. The summed E-state index contributed by atoms with van der Waals surface area (Å²) < 4.78 is 21.9. The van der Waals surface area contributed by atoms with E-state index in [1.807, 2.05) is 0 Å². The van der Waals surface area contributed by atoms with E-state index < -0.39 is 10.9 Å². The third-order valence-electron chi connectivity index (χ3n) is 0.740. The molecule has 0 aromatic heterocycles. The summed E-state index contributed by atoms with van der Waals surface area (Å²) in [7, 11) is -2.53. The number of hydrogen-bond acceptors (Lipinski definition) is 3. The van der Waals surface area contributed by atoms with Crippen molar-refractivity contribution in [3.05, 3.63) is 0 Å². The van der Waals surface area contributed by atoms with Gasteiger partial charge in [0.25, 0.3) is 0 Å². The normalized spacial score (nSPS) is 9.80. The molecule has 0 fully saturated rings. The van der Waals surface area contributed by atoms with Crippen LogP contribution in [0.1, 0.15) is 6.92 Å². The molecule has 5 nitrogen and oxygen atoms in total. The lowest BCUT2D eigenvalue weighted by Gasteiger charge is -1.97. The van der Waals surface area contributed by atoms with Gasteiger partial charge in [0.05, 0.1) is 0 Å². The van der Waals surface area contributed by atoms with Crippen molar-refractivity contribution in [3.8, 4) is 0 Å². The summed E-state index contributed by atoms with van der Waals surface area (Å²) in [5, 5.41) is 2.43. The molecule has 1 amide bonds. The van der Waals surface area contributed by atoms with Crippen LogP contribution in [0, 0.1) is 0 Å². The third-order valence-corrected chi connectivity index (χ3v) is 1.22. The Balaban J connectivity index is 3.13. The zero-order valence-corrected chi connectivity index (χ0v) is 6.48. The average molecular weight is 166 g/mol. The first-order valence-corrected chi connectivity index (χ1v) is 3.93. The quantitative estimate of drug-likeness (QED) is 0.342. The molecular weight excluding hydrogens is 156 g/mol. The van der Waals surface area contributed by atoms with Crippen LogP contribution in [0.25, 0.3) is 0 Å². The minimum Gasteiger partial charge on any atom is -0.355 e. The summed E-state index contributed by atoms with van der Waals surface area (Å²) in [6.45, 7) is 1.95. The predicted molar refractivity (Wildman–Crippen MR) is 37.0 cm³/mol. The van der Waals surface area contributed by atoms with Crippen LogP contribution in [0.15, 0.2) is 0 Å². The molecule has 0 aromatic carbocycles. The monoisotopic (exact) mass is 166 g/mol. The lowest BCUT2D eigenvalue weighted by Crippen LogP contribution is -2.29. The number of hydrogen-bond donors (Lipinski definition) is 3. The van der Waals surface area contributed by atoms with E-state index in [0.29, 0.717) is 6.54 Å². The molecule has 0 atom stereocenters. The smallest absolute Gasteiger partial charge is 0.216 e. The molecule has 0 aromatic rings. The topological polar surface area (TPSA) is 75.3 Å². The molecule has 0 aliphatic rings. The van der Waals surface area contributed by atoms with Gasteiger partial charge >= 0.3 is 0 Å². The van der Waals surface area contributed by atoms with Crippen molar-refractivity contribution in [1.82, 2.24) is 10.0 Å². The largest absolute Gasteiger partial charge is 0.355 e. The van der Waals surface area contributed by atoms with E-state index in [9.17, 15) is 13.2 Å². The second-order valence-electron chi connectivity index (χ2n) is 1.65. The lowest BCUT2D eigenvalue weighted by molar-refractivity contribution is -0.118. The van der Waals surface area contributed by atoms with Gasteiger partial charge in [0.15, 0.2) is 0 Å². The molecule has 0 bridgehead atoms. The molecule has 6 heteroatoms. The first kappa shape index (κ1) is 9.38. The van der Waals surface area contributed by atoms with Crippen LogP contribution < -0.4 is 10.0 Å². The highest BCUT2D eigenvalue weighted by Gasteiger charge is 1.88. The number of carbonyl (C=O) groups is 1. The minimum atomic E-state index is -2.53. The summed E-state index contributed by atoms with van der Waals surface area (Å²) in [5.41, 5.74) is 0. The maximum atomic E-state index is 10.2. The van der Waals surface area contributed by atoms with Gasteiger partial charge in [-0.15, -0.1) is 0 Å². The maximum Gasteiger partial charge on any atom is 0.216 e. The Labute approximate surface area is 60.9 Å². The van der Waals surface area contributed by atoms with Crippen molar-refractivity contribution in [3.63, 3.8) is 0 Å². The van der Waals surface area contributed by atoms with Crippen LogP contribution in [-0.4, -0.2) is 27.4 Å². The molecule has 0 saturated heterocycles. The van der Waals surface area contributed by atoms with E-state index >= 15 is 0 Å². The molecular formula is C4H10N2O3S. The SMILES string of the molecule is CC(=O)NCCN[SH](=O)=O. The van der Waals surface area contributed by atoms with Gasteiger partial charge in [0, 0.05) is 20.0 Å². The second-order valence-corrected chi connectivity index (χ2v) is 2.48. The molecule has 0 heterocycles. The van der Waals surface area contributed by atoms with Crippen molar-refractivity contribution in [2.45, 2.75) is 6.92 Å². The number of carbonyl (C=O) groups excluding carboxylic acids is 1. The van der Waals surface area contributed by atoms with Crippen molar-refractivity contribution >= 4 is 16.8 Å². The van der Waals surface area contributed by atoms with E-state index in [4.69, 9.17) is 0 Å². The second kappa shape index (κ2) is 5.19. The molecule has 60 valence electrons. The van der Waals surface area contributed by atoms with E-state index in [1.165, 1.54) is 6.92 Å². The van der Waals surface area contributed by atoms with E-state index in [1.54, 1.807) is 0 Å². The standard InChI is InChI=1S/C4H10N2O3S/c1-4(7)5-2-3-6-10(8)9/h10H,2-3H2,1H3,(H,5,7)(H,6,8,9). The van der Waals surface area contributed by atoms with Crippen LogP contribution in [-0.2, 0) is 15.7 Å². The fraction of sp³-hybridized carbons (Fsp3) is 0.750. The van der Waals surface area contributed by atoms with Gasteiger partial charge < -0.3 is 5.32 Å². The molecule has 0 spiro atoms. The van der Waals surface area contributed by atoms with E-state index in [0.717, 1.165) is 0 Å². The van der Waals surface area contributed by atoms with Crippen molar-refractivity contribution in [1.29, 1.82) is 0 Å². The Morgan fingerprint density at radius 3 is 2.40 bits per heavy atom. The predicted octanol–water partition coefficient (Wildman–Crippen LogP) is -1.76. The Kier molecular flexibility index (Phi) is 4.87. The Hall–Kier alpha value is -0.620. The first-order chi connectivity index (χ1) is 4.63. The van der Waals surface area contributed by atoms with E-state index in [2.05, 4.69) is 10.0 Å². The molecule has 0 rings (SSSR count). The van der Waals surface area contributed by atoms with Crippen LogP contribution in [0.2, 0.25) is 0 Å². The molecule has 2 N–H and O–H groups in total. The summed E-state index contributed by atoms with van der Waals surface area (Å²) in [6.07, 6.45) is 0. The summed E-state index contributed by atoms with van der Waals surface area (Å²) in [5.74, 6) is -0.164. The Bertz CT molecular complexity index is 169. The molecule has 0 radical (unpaired) electrons. The van der Waals surface area contributed by atoms with Crippen molar-refractivity contribution in [2.24, 2.45) is 0 Å². The zero-order chi connectivity index (χ0) is 7.98. The van der Waals surface area contributed by atoms with Gasteiger partial charge in [-0.1, -0.05) is 0 Å². The molecule has 10 heavy (non-hydrogen) atoms. The fourth-order valence-corrected chi connectivity index (χ4v) is 0.680. The first-order valence-electron chi connectivity index (χ1n) is 2.75. The zero-order valence-electron chi connectivity index (χ0n) is 5.59. The highest BCUT2D eigenvalue weighted by molar-refractivity contribution is 7.70. The molecule has 0 aliphatic heterocycles. The summed E-state index contributed by atoms with van der Waals surface area (Å²) in [6, 6.07) is 0. The van der Waals surface area contributed by atoms with Gasteiger partial charge in [0.2, 0.25) is 16.8 Å². The number of thiol groups is 1. The number of rotatable bonds is 4. The summed E-state index contributed by atoms with van der Waals surface area (Å²) >= 11 is 0. The highest BCUT2D eigenvalue weighted by Crippen LogP contribution is 1.60. The van der Waals surface area contributed by atoms with Crippen LogP contribution in [0.5, 0.6) is 0 Å². The maximum absolute atomic E-state index is 10.2. The lowest BCUT2D eigenvalue weighted by atomic mass is 10.6. The van der Waals surface area contributed by atoms with Gasteiger partial charge in [-0.3, -0.25) is 4.79 Å². The number of nitrogens with one attached hydrogen (secondary N) is 2. The van der Waals surface area contributed by atoms with Gasteiger partial charge in [-0.25, -0.2) is 13.1 Å². The molecule has 0 unspecified atom stereocenters. The van der Waals surface area contributed by atoms with Gasteiger partial charge in [-0.05, 0) is 0 Å².